The van der Waals surface area contributed by atoms with E-state index in [0.29, 0.717) is 42.7 Å². The van der Waals surface area contributed by atoms with E-state index in [0.717, 1.165) is 24.2 Å². The highest BCUT2D eigenvalue weighted by molar-refractivity contribution is 5.99. The molecule has 2 aromatic carbocycles. The Labute approximate surface area is 194 Å². The van der Waals surface area contributed by atoms with E-state index in [9.17, 15) is 9.59 Å². The first kappa shape index (κ1) is 23.1. The number of para-hydroxylation sites is 1. The van der Waals surface area contributed by atoms with Gasteiger partial charge in [0.05, 0.1) is 23.6 Å². The van der Waals surface area contributed by atoms with Crippen molar-refractivity contribution in [1.29, 1.82) is 0 Å². The summed E-state index contributed by atoms with van der Waals surface area (Å²) in [5.74, 6) is 0.666. The van der Waals surface area contributed by atoms with Crippen LogP contribution in [0, 0.1) is 0 Å². The monoisotopic (exact) mass is 449 g/mol. The second kappa shape index (κ2) is 10.7. The number of nitrogens with zero attached hydrogens (tertiary/aromatic N) is 1. The van der Waals surface area contributed by atoms with Gasteiger partial charge in [-0.25, -0.2) is 0 Å². The number of hydrogen-bond donors (Lipinski definition) is 0. The summed E-state index contributed by atoms with van der Waals surface area (Å²) in [6.07, 6.45) is 5.27. The van der Waals surface area contributed by atoms with Crippen LogP contribution in [0.5, 0.6) is 5.75 Å². The zero-order chi connectivity index (χ0) is 23.2. The van der Waals surface area contributed by atoms with Gasteiger partial charge in [-0.05, 0) is 42.7 Å². The Kier molecular flexibility index (Phi) is 7.45. The summed E-state index contributed by atoms with van der Waals surface area (Å²) in [4.78, 5) is 28.4. The summed E-state index contributed by atoms with van der Waals surface area (Å²) in [6.45, 7) is 3.87. The van der Waals surface area contributed by atoms with Crippen molar-refractivity contribution in [1.82, 2.24) is 4.90 Å². The molecule has 0 N–H and O–H groups in total. The SMILES string of the molecule is CCCCCCOc1ccc(C2c3c(oc4ccccc4c3=O)C(=O)N2CCCOC)cc1. The molecule has 6 heteroatoms. The lowest BCUT2D eigenvalue weighted by Crippen LogP contribution is -2.31. The third-order valence-electron chi connectivity index (χ3n) is 6.08. The maximum Gasteiger partial charge on any atom is 0.290 e. The van der Waals surface area contributed by atoms with Gasteiger partial charge in [0.2, 0.25) is 5.76 Å². The zero-order valence-corrected chi connectivity index (χ0v) is 19.3. The van der Waals surface area contributed by atoms with Crippen LogP contribution >= 0.6 is 0 Å². The van der Waals surface area contributed by atoms with Crippen molar-refractivity contribution in [3.8, 4) is 5.75 Å². The van der Waals surface area contributed by atoms with Gasteiger partial charge in [-0.15, -0.1) is 0 Å². The van der Waals surface area contributed by atoms with Crippen LogP contribution in [0.1, 0.15) is 66.8 Å². The summed E-state index contributed by atoms with van der Waals surface area (Å²) in [6, 6.07) is 14.3. The van der Waals surface area contributed by atoms with Gasteiger partial charge in [-0.1, -0.05) is 50.5 Å². The molecule has 1 aliphatic heterocycles. The Morgan fingerprint density at radius 2 is 1.73 bits per heavy atom. The van der Waals surface area contributed by atoms with Gasteiger partial charge in [0.1, 0.15) is 11.3 Å². The molecule has 33 heavy (non-hydrogen) atoms. The van der Waals surface area contributed by atoms with E-state index in [-0.39, 0.29) is 17.1 Å². The molecule has 0 saturated carbocycles. The average Bonchev–Trinajstić information content (AvgIpc) is 3.11. The number of carbonyl (C=O) groups is 1. The van der Waals surface area contributed by atoms with Crippen LogP contribution in [0.3, 0.4) is 0 Å². The first-order chi connectivity index (χ1) is 16.2. The molecule has 0 aliphatic carbocycles. The van der Waals surface area contributed by atoms with E-state index in [4.69, 9.17) is 13.9 Å². The predicted octanol–water partition coefficient (Wildman–Crippen LogP) is 5.33. The van der Waals surface area contributed by atoms with Crippen molar-refractivity contribution in [2.24, 2.45) is 0 Å². The number of benzene rings is 2. The molecular formula is C27H31NO5. The van der Waals surface area contributed by atoms with Gasteiger partial charge < -0.3 is 18.8 Å². The molecule has 0 spiro atoms. The number of methoxy groups -OCH3 is 1. The van der Waals surface area contributed by atoms with Gasteiger partial charge in [0.25, 0.3) is 5.91 Å². The van der Waals surface area contributed by atoms with Crippen molar-refractivity contribution >= 4 is 16.9 Å². The lowest BCUT2D eigenvalue weighted by Gasteiger charge is -2.25. The van der Waals surface area contributed by atoms with Crippen LogP contribution in [-0.2, 0) is 4.74 Å². The number of ether oxygens (including phenoxy) is 2. The molecule has 3 aromatic rings. The second-order valence-electron chi connectivity index (χ2n) is 8.40. The lowest BCUT2D eigenvalue weighted by atomic mass is 9.98. The summed E-state index contributed by atoms with van der Waals surface area (Å²) < 4.78 is 17.0. The quantitative estimate of drug-likeness (QED) is 0.370. The molecule has 0 bridgehead atoms. The van der Waals surface area contributed by atoms with Gasteiger partial charge in [0.15, 0.2) is 5.43 Å². The molecule has 1 amide bonds. The Bertz CT molecular complexity index is 1150. The van der Waals surface area contributed by atoms with Crippen LogP contribution in [0.4, 0.5) is 0 Å². The third kappa shape index (κ3) is 4.81. The molecule has 2 heterocycles. The lowest BCUT2D eigenvalue weighted by molar-refractivity contribution is 0.0708. The standard InChI is InChI=1S/C27H31NO5/c1-3-4-5-8-18-32-20-14-12-19(13-15-20)24-23-25(29)21-10-6-7-11-22(21)33-26(23)27(30)28(24)16-9-17-31-2/h6-7,10-15,24H,3-5,8-9,16-18H2,1-2H3. The highest BCUT2D eigenvalue weighted by Gasteiger charge is 2.42. The maximum absolute atomic E-state index is 13.4. The van der Waals surface area contributed by atoms with E-state index in [1.807, 2.05) is 24.3 Å². The number of carbonyl (C=O) groups excluding carboxylic acids is 1. The highest BCUT2D eigenvalue weighted by Crippen LogP contribution is 2.38. The van der Waals surface area contributed by atoms with Crippen LogP contribution in [0.15, 0.2) is 57.7 Å². The number of rotatable bonds is 11. The van der Waals surface area contributed by atoms with Gasteiger partial charge >= 0.3 is 0 Å². The summed E-state index contributed by atoms with van der Waals surface area (Å²) in [7, 11) is 1.64. The van der Waals surface area contributed by atoms with Crippen LogP contribution in [-0.4, -0.2) is 37.7 Å². The fraction of sp³-hybridized carbons (Fsp3) is 0.407. The highest BCUT2D eigenvalue weighted by atomic mass is 16.5. The van der Waals surface area contributed by atoms with Gasteiger partial charge in [-0.3, -0.25) is 9.59 Å². The average molecular weight is 450 g/mol. The summed E-state index contributed by atoms with van der Waals surface area (Å²) in [5.41, 5.74) is 1.54. The fourth-order valence-electron chi connectivity index (χ4n) is 4.39. The van der Waals surface area contributed by atoms with E-state index >= 15 is 0 Å². The Balaban J connectivity index is 1.65. The smallest absolute Gasteiger partial charge is 0.290 e. The van der Waals surface area contributed by atoms with Crippen molar-refractivity contribution < 1.29 is 18.7 Å². The van der Waals surface area contributed by atoms with Gasteiger partial charge in [0, 0.05) is 20.3 Å². The zero-order valence-electron chi connectivity index (χ0n) is 19.3. The van der Waals surface area contributed by atoms with Crippen LogP contribution < -0.4 is 10.2 Å². The summed E-state index contributed by atoms with van der Waals surface area (Å²) in [5, 5.41) is 0.486. The van der Waals surface area contributed by atoms with E-state index in [2.05, 4.69) is 6.92 Å². The van der Waals surface area contributed by atoms with Crippen molar-refractivity contribution in [2.75, 3.05) is 26.9 Å². The summed E-state index contributed by atoms with van der Waals surface area (Å²) >= 11 is 0. The molecule has 0 fully saturated rings. The van der Waals surface area contributed by atoms with Crippen molar-refractivity contribution in [2.45, 2.75) is 45.1 Å². The minimum absolute atomic E-state index is 0.136. The molecule has 174 valence electrons. The molecule has 6 nitrogen and oxygen atoms in total. The Morgan fingerprint density at radius 1 is 0.939 bits per heavy atom. The van der Waals surface area contributed by atoms with E-state index in [1.165, 1.54) is 12.8 Å². The first-order valence-electron chi connectivity index (χ1n) is 11.7. The van der Waals surface area contributed by atoms with Gasteiger partial charge in [-0.2, -0.15) is 0 Å². The van der Waals surface area contributed by atoms with Crippen LogP contribution in [0.2, 0.25) is 0 Å². The first-order valence-corrected chi connectivity index (χ1v) is 11.7. The molecule has 4 rings (SSSR count). The van der Waals surface area contributed by atoms with E-state index in [1.54, 1.807) is 36.3 Å². The molecule has 1 aromatic heterocycles. The minimum Gasteiger partial charge on any atom is -0.494 e. The molecule has 1 aliphatic rings. The predicted molar refractivity (Wildman–Crippen MR) is 128 cm³/mol. The topological polar surface area (TPSA) is 69.0 Å². The molecule has 1 atom stereocenters. The number of fused-ring (bicyclic) bond motifs is 2. The normalized spacial score (nSPS) is 15.3. The molecule has 0 saturated heterocycles. The number of unbranched alkanes of at least 4 members (excludes halogenated alkanes) is 3. The largest absolute Gasteiger partial charge is 0.494 e. The number of hydrogen-bond acceptors (Lipinski definition) is 5. The Morgan fingerprint density at radius 3 is 2.48 bits per heavy atom. The molecule has 0 radical (unpaired) electrons. The third-order valence-corrected chi connectivity index (χ3v) is 6.08. The van der Waals surface area contributed by atoms with Crippen LogP contribution in [0.25, 0.3) is 11.0 Å². The minimum atomic E-state index is -0.496. The maximum atomic E-state index is 13.4. The second-order valence-corrected chi connectivity index (χ2v) is 8.40. The molecule has 1 unspecified atom stereocenters. The Hall–Kier alpha value is -3.12. The van der Waals surface area contributed by atoms with Crippen molar-refractivity contribution in [3.05, 3.63) is 75.6 Å². The molecular weight excluding hydrogens is 418 g/mol. The number of amides is 1. The van der Waals surface area contributed by atoms with E-state index < -0.39 is 6.04 Å². The fourth-order valence-corrected chi connectivity index (χ4v) is 4.39. The van der Waals surface area contributed by atoms with Crippen molar-refractivity contribution in [3.63, 3.8) is 0 Å².